The number of benzene rings is 1. The predicted octanol–water partition coefficient (Wildman–Crippen LogP) is 1.76. The molecule has 2 aliphatic heterocycles. The fourth-order valence-corrected chi connectivity index (χ4v) is 3.65. The van der Waals surface area contributed by atoms with Crippen LogP contribution in [0.3, 0.4) is 0 Å². The molecule has 1 N–H and O–H groups in total. The van der Waals surface area contributed by atoms with E-state index in [1.807, 2.05) is 11.8 Å². The minimum atomic E-state index is 0.0179. The first-order valence-corrected chi connectivity index (χ1v) is 10.6. The van der Waals surface area contributed by atoms with Gasteiger partial charge < -0.3 is 24.8 Å². The zero-order valence-corrected chi connectivity index (χ0v) is 17.8. The number of hydrogen-bond acceptors (Lipinski definition) is 8. The fourth-order valence-electron chi connectivity index (χ4n) is 3.52. The number of halogens is 1. The van der Waals surface area contributed by atoms with Crippen LogP contribution in [0.5, 0.6) is 0 Å². The summed E-state index contributed by atoms with van der Waals surface area (Å²) in [6.45, 7) is 8.15. The first kappa shape index (κ1) is 20.6. The molecule has 0 saturated carbocycles. The number of nitrogens with zero attached hydrogens (tertiary/aromatic N) is 6. The molecule has 30 heavy (non-hydrogen) atoms. The number of amides is 1. The van der Waals surface area contributed by atoms with Crippen LogP contribution in [0.1, 0.15) is 17.3 Å². The van der Waals surface area contributed by atoms with Gasteiger partial charge in [0.05, 0.1) is 13.2 Å². The van der Waals surface area contributed by atoms with Crippen LogP contribution in [0, 0.1) is 0 Å². The second-order valence-electron chi connectivity index (χ2n) is 7.17. The van der Waals surface area contributed by atoms with Crippen molar-refractivity contribution >= 4 is 35.4 Å². The third kappa shape index (κ3) is 4.73. The van der Waals surface area contributed by atoms with E-state index in [1.165, 1.54) is 0 Å². The lowest BCUT2D eigenvalue weighted by molar-refractivity contribution is 0.0746. The van der Waals surface area contributed by atoms with Crippen LogP contribution in [0.4, 0.5) is 17.8 Å². The zero-order chi connectivity index (χ0) is 20.9. The SMILES string of the molecule is CCNc1nc(N2CCOCC2)nc(N2CCN(C(=O)c3ccc(Cl)cc3)CC2)n1. The first-order valence-electron chi connectivity index (χ1n) is 10.3. The highest BCUT2D eigenvalue weighted by atomic mass is 35.5. The Hall–Kier alpha value is -2.65. The van der Waals surface area contributed by atoms with Gasteiger partial charge in [-0.1, -0.05) is 11.6 Å². The highest BCUT2D eigenvalue weighted by Crippen LogP contribution is 2.20. The quantitative estimate of drug-likeness (QED) is 0.766. The lowest BCUT2D eigenvalue weighted by atomic mass is 10.2. The minimum absolute atomic E-state index is 0.0179. The normalized spacial score (nSPS) is 17.2. The maximum atomic E-state index is 12.7. The fraction of sp³-hybridized carbons (Fsp3) is 0.500. The van der Waals surface area contributed by atoms with Crippen molar-refractivity contribution in [2.24, 2.45) is 0 Å². The smallest absolute Gasteiger partial charge is 0.253 e. The minimum Gasteiger partial charge on any atom is -0.378 e. The summed E-state index contributed by atoms with van der Waals surface area (Å²) >= 11 is 5.93. The van der Waals surface area contributed by atoms with E-state index >= 15 is 0 Å². The topological polar surface area (TPSA) is 86.7 Å². The predicted molar refractivity (Wildman–Crippen MR) is 117 cm³/mol. The van der Waals surface area contributed by atoms with E-state index in [2.05, 4.69) is 25.1 Å². The van der Waals surface area contributed by atoms with Crippen LogP contribution in [-0.2, 0) is 4.74 Å². The van der Waals surface area contributed by atoms with Crippen LogP contribution in [0.15, 0.2) is 24.3 Å². The average molecular weight is 432 g/mol. The largest absolute Gasteiger partial charge is 0.378 e. The van der Waals surface area contributed by atoms with Gasteiger partial charge in [-0.2, -0.15) is 15.0 Å². The van der Waals surface area contributed by atoms with Crippen molar-refractivity contribution in [3.63, 3.8) is 0 Å². The Morgan fingerprint density at radius 3 is 2.17 bits per heavy atom. The molecular formula is C20H26ClN7O2. The number of ether oxygens (including phenoxy) is 1. The van der Waals surface area contributed by atoms with Crippen molar-refractivity contribution in [3.05, 3.63) is 34.9 Å². The van der Waals surface area contributed by atoms with Gasteiger partial charge in [-0.15, -0.1) is 0 Å². The summed E-state index contributed by atoms with van der Waals surface area (Å²) < 4.78 is 5.44. The third-order valence-corrected chi connectivity index (χ3v) is 5.43. The number of carbonyl (C=O) groups excluding carboxylic acids is 1. The van der Waals surface area contributed by atoms with Crippen molar-refractivity contribution < 1.29 is 9.53 Å². The summed E-state index contributed by atoms with van der Waals surface area (Å²) in [7, 11) is 0. The van der Waals surface area contributed by atoms with Crippen LogP contribution >= 0.6 is 11.6 Å². The highest BCUT2D eigenvalue weighted by molar-refractivity contribution is 6.30. The summed E-state index contributed by atoms with van der Waals surface area (Å²) in [5.41, 5.74) is 0.650. The number of morpholine rings is 1. The van der Waals surface area contributed by atoms with Gasteiger partial charge in [0.2, 0.25) is 17.8 Å². The number of hydrogen-bond donors (Lipinski definition) is 1. The van der Waals surface area contributed by atoms with Crippen LogP contribution in [0.2, 0.25) is 5.02 Å². The molecule has 0 unspecified atom stereocenters. The Morgan fingerprint density at radius 2 is 1.57 bits per heavy atom. The van der Waals surface area contributed by atoms with Crippen LogP contribution in [-0.4, -0.2) is 84.8 Å². The van der Waals surface area contributed by atoms with Crippen molar-refractivity contribution in [2.45, 2.75) is 6.92 Å². The van der Waals surface area contributed by atoms with Gasteiger partial charge in [0, 0.05) is 56.4 Å². The van der Waals surface area contributed by atoms with Gasteiger partial charge in [0.25, 0.3) is 5.91 Å². The Labute approximate surface area is 181 Å². The molecular weight excluding hydrogens is 406 g/mol. The molecule has 0 spiro atoms. The average Bonchev–Trinajstić information content (AvgIpc) is 2.80. The molecule has 2 fully saturated rings. The Kier molecular flexibility index (Phi) is 6.49. The van der Waals surface area contributed by atoms with Crippen LogP contribution < -0.4 is 15.1 Å². The molecule has 4 rings (SSSR count). The van der Waals surface area contributed by atoms with Crippen LogP contribution in [0.25, 0.3) is 0 Å². The summed E-state index contributed by atoms with van der Waals surface area (Å²) in [6.07, 6.45) is 0. The molecule has 0 atom stereocenters. The lowest BCUT2D eigenvalue weighted by Gasteiger charge is -2.35. The van der Waals surface area contributed by atoms with E-state index in [0.29, 0.717) is 67.8 Å². The maximum Gasteiger partial charge on any atom is 0.253 e. The van der Waals surface area contributed by atoms with Gasteiger partial charge in [-0.05, 0) is 31.2 Å². The van der Waals surface area contributed by atoms with Gasteiger partial charge >= 0.3 is 0 Å². The van der Waals surface area contributed by atoms with E-state index in [1.54, 1.807) is 24.3 Å². The molecule has 2 aliphatic rings. The van der Waals surface area contributed by atoms with E-state index < -0.39 is 0 Å². The van der Waals surface area contributed by atoms with E-state index in [9.17, 15) is 4.79 Å². The van der Waals surface area contributed by atoms with Crippen molar-refractivity contribution in [1.29, 1.82) is 0 Å². The molecule has 3 heterocycles. The number of piperazine rings is 1. The molecule has 10 heteroatoms. The number of anilines is 3. The Morgan fingerprint density at radius 1 is 0.967 bits per heavy atom. The molecule has 1 amide bonds. The Bertz CT molecular complexity index is 866. The number of carbonyl (C=O) groups is 1. The molecule has 160 valence electrons. The van der Waals surface area contributed by atoms with E-state index in [4.69, 9.17) is 21.3 Å². The summed E-state index contributed by atoms with van der Waals surface area (Å²) in [5.74, 6) is 1.90. The summed E-state index contributed by atoms with van der Waals surface area (Å²) in [5, 5.41) is 3.82. The number of rotatable bonds is 5. The van der Waals surface area contributed by atoms with Gasteiger partial charge in [-0.25, -0.2) is 0 Å². The van der Waals surface area contributed by atoms with Crippen molar-refractivity contribution in [1.82, 2.24) is 19.9 Å². The highest BCUT2D eigenvalue weighted by Gasteiger charge is 2.25. The molecule has 9 nitrogen and oxygen atoms in total. The van der Waals surface area contributed by atoms with Crippen molar-refractivity contribution in [2.75, 3.05) is 74.1 Å². The molecule has 2 saturated heterocycles. The first-order chi connectivity index (χ1) is 14.6. The van der Waals surface area contributed by atoms with Gasteiger partial charge in [0.15, 0.2) is 0 Å². The molecule has 1 aromatic carbocycles. The lowest BCUT2D eigenvalue weighted by Crippen LogP contribution is -2.49. The maximum absolute atomic E-state index is 12.7. The van der Waals surface area contributed by atoms with Crippen molar-refractivity contribution in [3.8, 4) is 0 Å². The summed E-state index contributed by atoms with van der Waals surface area (Å²) in [4.78, 5) is 32.7. The van der Waals surface area contributed by atoms with Gasteiger partial charge in [-0.3, -0.25) is 4.79 Å². The monoisotopic (exact) mass is 431 g/mol. The molecule has 0 radical (unpaired) electrons. The summed E-state index contributed by atoms with van der Waals surface area (Å²) in [6, 6.07) is 7.01. The standard InChI is InChI=1S/C20H26ClN7O2/c1-2-22-18-23-19(25-20(24-18)28-11-13-30-14-12-28)27-9-7-26(8-10-27)17(29)15-3-5-16(21)6-4-15/h3-6H,2,7-14H2,1H3,(H,22,23,24,25). The zero-order valence-electron chi connectivity index (χ0n) is 17.1. The number of aromatic nitrogens is 3. The molecule has 0 bridgehead atoms. The van der Waals surface area contributed by atoms with E-state index in [0.717, 1.165) is 19.6 Å². The Balaban J connectivity index is 1.46. The second kappa shape index (κ2) is 9.44. The number of nitrogens with one attached hydrogen (secondary N) is 1. The third-order valence-electron chi connectivity index (χ3n) is 5.18. The molecule has 2 aromatic rings. The molecule has 1 aromatic heterocycles. The van der Waals surface area contributed by atoms with E-state index in [-0.39, 0.29) is 5.91 Å². The second-order valence-corrected chi connectivity index (χ2v) is 7.61. The molecule has 0 aliphatic carbocycles. The van der Waals surface area contributed by atoms with Gasteiger partial charge in [0.1, 0.15) is 0 Å².